The number of aryl methyl sites for hydroxylation is 1. The third kappa shape index (κ3) is 12.2. The number of halogens is 3. The third-order valence-corrected chi connectivity index (χ3v) is 7.70. The minimum Gasteiger partial charge on any atom is -0.542 e. The molecule has 0 bridgehead atoms. The maximum absolute atomic E-state index is 13.2. The van der Waals surface area contributed by atoms with Crippen molar-refractivity contribution in [1.82, 2.24) is 20.3 Å². The molecule has 1 aliphatic rings. The highest BCUT2D eigenvalue weighted by atomic mass is 32.3. The summed E-state index contributed by atoms with van der Waals surface area (Å²) in [4.78, 5) is 59.6. The highest BCUT2D eigenvalue weighted by Crippen LogP contribution is 2.33. The van der Waals surface area contributed by atoms with Crippen molar-refractivity contribution in [3.05, 3.63) is 53.9 Å². The van der Waals surface area contributed by atoms with Crippen molar-refractivity contribution >= 4 is 56.3 Å². The van der Waals surface area contributed by atoms with Crippen LogP contribution in [-0.2, 0) is 45.2 Å². The predicted molar refractivity (Wildman–Crippen MR) is 172 cm³/mol. The maximum atomic E-state index is 13.2. The van der Waals surface area contributed by atoms with Crippen LogP contribution in [0.1, 0.15) is 26.0 Å². The molecule has 3 aromatic rings. The number of carbonyl (C=O) groups is 4. The van der Waals surface area contributed by atoms with Gasteiger partial charge in [-0.1, -0.05) is 5.16 Å². The fourth-order valence-electron chi connectivity index (χ4n) is 4.02. The molecule has 0 aromatic carbocycles. The van der Waals surface area contributed by atoms with Gasteiger partial charge in [0.05, 0.1) is 11.7 Å². The summed E-state index contributed by atoms with van der Waals surface area (Å²) in [7, 11) is -5.02. The molecule has 1 fully saturated rings. The van der Waals surface area contributed by atoms with Crippen LogP contribution in [0.15, 0.2) is 53.4 Å². The zero-order chi connectivity index (χ0) is 40.4. The van der Waals surface area contributed by atoms with Crippen LogP contribution in [0.2, 0.25) is 0 Å². The molecule has 7 N–H and O–H groups in total. The number of alkyl halides is 3. The fraction of sp³-hybridized carbons (Fsp3) is 0.357. The number of hydroxylamine groups is 2. The van der Waals surface area contributed by atoms with Gasteiger partial charge in [-0.2, -0.15) is 26.7 Å². The first-order chi connectivity index (χ1) is 25.1. The molecule has 4 rings (SSSR count). The number of rotatable bonds is 16. The summed E-state index contributed by atoms with van der Waals surface area (Å²) < 4.78 is 80.1. The number of carbonyl (C=O) groups excluding carboxylic acids is 3. The predicted octanol–water partition coefficient (Wildman–Crippen LogP) is -1.06. The van der Waals surface area contributed by atoms with E-state index in [1.807, 2.05) is 17.0 Å². The number of ether oxygens (including phenoxy) is 2. The number of hydrogen-bond donors (Lipinski definition) is 5. The van der Waals surface area contributed by atoms with E-state index in [0.29, 0.717) is 17.4 Å². The molecule has 2 amide bonds. The summed E-state index contributed by atoms with van der Waals surface area (Å²) in [6, 6.07) is 5.21. The van der Waals surface area contributed by atoms with Gasteiger partial charge in [0.1, 0.15) is 42.4 Å². The van der Waals surface area contributed by atoms with Gasteiger partial charge in [-0.3, -0.25) is 14.1 Å². The molecule has 1 aliphatic heterocycles. The molecule has 0 radical (unpaired) electrons. The molecule has 2 unspecified atom stereocenters. The molecule has 26 heteroatoms. The minimum absolute atomic E-state index is 0.0461. The number of thiazole rings is 1. The zero-order valence-electron chi connectivity index (χ0n) is 27.8. The van der Waals surface area contributed by atoms with Gasteiger partial charge in [0.25, 0.3) is 17.9 Å². The topological polar surface area (TPSA) is 312 Å². The van der Waals surface area contributed by atoms with Crippen LogP contribution in [0.4, 0.5) is 18.3 Å². The number of carboxylic acid groups (broad SMARTS) is 2. The van der Waals surface area contributed by atoms with E-state index in [0.717, 1.165) is 24.3 Å². The number of carboxylic acids is 2. The number of hydrogen-bond acceptors (Lipinski definition) is 17. The van der Waals surface area contributed by atoms with E-state index < -0.39 is 70.3 Å². The van der Waals surface area contributed by atoms with E-state index in [2.05, 4.69) is 24.7 Å². The Labute approximate surface area is 306 Å². The molecule has 3 aromatic heterocycles. The Balaban J connectivity index is 0.00000102. The quantitative estimate of drug-likeness (QED) is 0.0379. The van der Waals surface area contributed by atoms with E-state index >= 15 is 0 Å². The van der Waals surface area contributed by atoms with Crippen LogP contribution in [0.25, 0.3) is 0 Å². The summed E-state index contributed by atoms with van der Waals surface area (Å²) >= 11 is 0.946. The number of nitrogens with two attached hydrogens (primary N) is 2. The lowest BCUT2D eigenvalue weighted by Crippen LogP contribution is -2.76. The zero-order valence-corrected chi connectivity index (χ0v) is 29.5. The second kappa shape index (κ2) is 17.9. The third-order valence-electron chi connectivity index (χ3n) is 6.69. The summed E-state index contributed by atoms with van der Waals surface area (Å²) in [5, 5.41) is 26.3. The number of nitrogen functional groups attached to an aromatic ring is 1. The summed E-state index contributed by atoms with van der Waals surface area (Å²) in [5.41, 5.74) is 9.13. The van der Waals surface area contributed by atoms with E-state index in [-0.39, 0.29) is 22.5 Å². The van der Waals surface area contributed by atoms with Gasteiger partial charge in [-0.25, -0.2) is 19.3 Å². The first-order valence-electron chi connectivity index (χ1n) is 14.9. The van der Waals surface area contributed by atoms with Crippen molar-refractivity contribution in [3.63, 3.8) is 0 Å². The molecular weight excluding hydrogens is 777 g/mol. The lowest BCUT2D eigenvalue weighted by molar-refractivity contribution is -0.697. The van der Waals surface area contributed by atoms with Gasteiger partial charge in [0.15, 0.2) is 23.2 Å². The van der Waals surface area contributed by atoms with Crippen molar-refractivity contribution in [2.75, 3.05) is 18.9 Å². The lowest BCUT2D eigenvalue weighted by Gasteiger charge is -2.50. The number of aromatic nitrogens is 3. The second-order valence-corrected chi connectivity index (χ2v) is 13.0. The van der Waals surface area contributed by atoms with Gasteiger partial charge in [0, 0.05) is 30.0 Å². The number of nitrogens with zero attached hydrogens (tertiary/aromatic N) is 5. The van der Waals surface area contributed by atoms with E-state index in [4.69, 9.17) is 40.2 Å². The van der Waals surface area contributed by atoms with Crippen molar-refractivity contribution in [2.45, 2.75) is 50.7 Å². The van der Waals surface area contributed by atoms with Crippen LogP contribution in [0, 0.1) is 0 Å². The monoisotopic (exact) mass is 808 g/mol. The summed E-state index contributed by atoms with van der Waals surface area (Å²) in [6.07, 6.45) is -1.07. The first-order valence-corrected chi connectivity index (χ1v) is 17.1. The molecule has 1 saturated heterocycles. The average molecular weight is 809 g/mol. The molecule has 294 valence electrons. The molecule has 4 heterocycles. The second-order valence-electron chi connectivity index (χ2n) is 11.1. The maximum Gasteiger partial charge on any atom is 0.430 e. The summed E-state index contributed by atoms with van der Waals surface area (Å²) in [6.45, 7) is 3.50. The number of aliphatic carboxylic acids is 2. The Morgan fingerprint density at radius 3 is 2.33 bits per heavy atom. The van der Waals surface area contributed by atoms with Crippen LogP contribution in [-0.4, -0.2) is 99.6 Å². The normalized spacial score (nSPS) is 15.9. The van der Waals surface area contributed by atoms with E-state index in [1.165, 1.54) is 37.6 Å². The number of nitrogens with one attached hydrogen (secondary N) is 1. The number of β-lactam (4-membered cyclic amide) rings is 1. The molecule has 54 heavy (non-hydrogen) atoms. The smallest absolute Gasteiger partial charge is 0.430 e. The average Bonchev–Trinajstić information content (AvgIpc) is 3.52. The fourth-order valence-corrected chi connectivity index (χ4v) is 5.02. The van der Waals surface area contributed by atoms with Crippen molar-refractivity contribution in [1.29, 1.82) is 0 Å². The molecule has 0 aliphatic carbocycles. The Kier molecular flexibility index (Phi) is 14.1. The highest BCUT2D eigenvalue weighted by molar-refractivity contribution is 7.80. The first kappa shape index (κ1) is 42.7. The molecular formula is C28H31F3N8O13S2. The van der Waals surface area contributed by atoms with Gasteiger partial charge in [0.2, 0.25) is 5.88 Å². The van der Waals surface area contributed by atoms with Crippen LogP contribution >= 0.6 is 11.3 Å². The number of pyridine rings is 2. The van der Waals surface area contributed by atoms with Crippen molar-refractivity contribution in [3.8, 4) is 17.4 Å². The van der Waals surface area contributed by atoms with E-state index in [9.17, 15) is 41.1 Å². The van der Waals surface area contributed by atoms with Crippen LogP contribution < -0.4 is 35.9 Å². The summed E-state index contributed by atoms with van der Waals surface area (Å²) in [5.74, 6) is -5.56. The molecule has 0 spiro atoms. The molecule has 21 nitrogen and oxygen atoms in total. The largest absolute Gasteiger partial charge is 0.542 e. The molecule has 2 atom stereocenters. The Morgan fingerprint density at radius 2 is 1.85 bits per heavy atom. The van der Waals surface area contributed by atoms with Crippen molar-refractivity contribution < 1.29 is 78.7 Å². The lowest BCUT2D eigenvalue weighted by atomic mass is 9.84. The Morgan fingerprint density at radius 1 is 1.20 bits per heavy atom. The SMILES string of the molecule is CC1(C)C(NC(=O)C(=NOC(COc2ccc(Oc3cc[n+](CCCN)cc3)nc2)C(=O)O)c2csc(N)n2)C(=O)N1OS(=O)(=O)O.O=C([O-])C(F)(F)F. The van der Waals surface area contributed by atoms with Gasteiger partial charge in [-0.15, -0.1) is 15.6 Å². The molecule has 0 saturated carbocycles. The van der Waals surface area contributed by atoms with E-state index in [1.54, 1.807) is 12.1 Å². The number of oxime groups is 1. The van der Waals surface area contributed by atoms with Gasteiger partial charge < -0.3 is 46.1 Å². The minimum atomic E-state index is -5.19. The number of anilines is 1. The van der Waals surface area contributed by atoms with Crippen LogP contribution in [0.5, 0.6) is 17.4 Å². The van der Waals surface area contributed by atoms with Crippen molar-refractivity contribution in [2.24, 2.45) is 10.9 Å². The Hall–Kier alpha value is -5.70. The standard InChI is InChI=1S/C26H30N8O11S2.C2HF3O2/c1-26(2)21(23(36)34(26)45-47(39,40)41)31-22(35)20(17-14-46-25(28)30-17)32-44-18(24(37)38)13-42-16-4-5-19(29-12-16)43-15-6-10-33(11-7-15)9-3-8-27;3-2(4,5)1(6)7/h4-7,10-12,14,18,21H,3,8-9,13,27H2,1-2H3,(H4-,28,30,31,35,37,38,39,40,41);(H,6,7). The van der Waals surface area contributed by atoms with Gasteiger partial charge in [-0.05, 0) is 26.5 Å². The van der Waals surface area contributed by atoms with Gasteiger partial charge >= 0.3 is 22.5 Å². The highest BCUT2D eigenvalue weighted by Gasteiger charge is 2.58. The Bertz CT molecular complexity index is 1940. The van der Waals surface area contributed by atoms with Crippen LogP contribution in [0.3, 0.4) is 0 Å². The number of amides is 2.